The van der Waals surface area contributed by atoms with Crippen LogP contribution >= 0.6 is 0 Å². The molecule has 0 saturated carbocycles. The molecular formula is C11H21N3O4. The van der Waals surface area contributed by atoms with E-state index in [-0.39, 0.29) is 24.9 Å². The van der Waals surface area contributed by atoms with Crippen LogP contribution in [0.3, 0.4) is 0 Å². The molecule has 0 radical (unpaired) electrons. The van der Waals surface area contributed by atoms with E-state index in [1.807, 2.05) is 13.8 Å². The van der Waals surface area contributed by atoms with Gasteiger partial charge in [0.1, 0.15) is 6.04 Å². The summed E-state index contributed by atoms with van der Waals surface area (Å²) in [4.78, 5) is 24.5. The summed E-state index contributed by atoms with van der Waals surface area (Å²) in [6, 6.07) is -1.47. The Labute approximate surface area is 106 Å². The number of amides is 3. The molecule has 0 spiro atoms. The fourth-order valence-corrected chi connectivity index (χ4v) is 1.98. The van der Waals surface area contributed by atoms with Crippen molar-refractivity contribution in [2.45, 2.75) is 38.5 Å². The van der Waals surface area contributed by atoms with E-state index in [9.17, 15) is 19.8 Å². The van der Waals surface area contributed by atoms with Gasteiger partial charge in [-0.05, 0) is 5.92 Å². The zero-order valence-corrected chi connectivity index (χ0v) is 10.7. The van der Waals surface area contributed by atoms with Gasteiger partial charge < -0.3 is 26.2 Å². The van der Waals surface area contributed by atoms with Gasteiger partial charge in [-0.1, -0.05) is 20.3 Å². The zero-order chi connectivity index (χ0) is 13.9. The van der Waals surface area contributed by atoms with E-state index in [1.54, 1.807) is 0 Å². The summed E-state index contributed by atoms with van der Waals surface area (Å²) < 4.78 is 0. The number of urea groups is 1. The lowest BCUT2D eigenvalue weighted by Gasteiger charge is -2.27. The average molecular weight is 259 g/mol. The van der Waals surface area contributed by atoms with Crippen LogP contribution in [0.15, 0.2) is 0 Å². The lowest BCUT2D eigenvalue weighted by Crippen LogP contribution is -2.52. The Kier molecular flexibility index (Phi) is 4.92. The number of primary amides is 1. The highest BCUT2D eigenvalue weighted by atomic mass is 16.3. The van der Waals surface area contributed by atoms with Crippen molar-refractivity contribution in [2.75, 3.05) is 13.1 Å². The van der Waals surface area contributed by atoms with Gasteiger partial charge >= 0.3 is 6.03 Å². The second-order valence-corrected chi connectivity index (χ2v) is 4.75. The Morgan fingerprint density at radius 3 is 2.28 bits per heavy atom. The van der Waals surface area contributed by atoms with Crippen molar-refractivity contribution in [3.05, 3.63) is 0 Å². The number of aliphatic hydroxyl groups is 2. The van der Waals surface area contributed by atoms with E-state index in [0.29, 0.717) is 6.42 Å². The molecule has 1 saturated heterocycles. The van der Waals surface area contributed by atoms with E-state index >= 15 is 0 Å². The van der Waals surface area contributed by atoms with Crippen molar-refractivity contribution in [2.24, 2.45) is 11.7 Å². The molecule has 18 heavy (non-hydrogen) atoms. The first kappa shape index (κ1) is 14.7. The van der Waals surface area contributed by atoms with Crippen molar-refractivity contribution in [1.29, 1.82) is 0 Å². The van der Waals surface area contributed by atoms with Gasteiger partial charge in [0.2, 0.25) is 5.91 Å². The van der Waals surface area contributed by atoms with Crippen molar-refractivity contribution in [1.82, 2.24) is 10.2 Å². The minimum atomic E-state index is -0.930. The standard InChI is InChI=1S/C11H21N3O4/c1-3-6(2)9(13-11(12)18)10(17)14-4-7(15)8(16)5-14/h6-9,15-16H,3-5H2,1-2H3,(H3,12,13,18). The molecule has 1 rings (SSSR count). The summed E-state index contributed by atoms with van der Waals surface area (Å²) in [5, 5.41) is 21.3. The Bertz CT molecular complexity index is 313. The lowest BCUT2D eigenvalue weighted by atomic mass is 9.98. The molecule has 1 heterocycles. The first-order valence-electron chi connectivity index (χ1n) is 6.07. The number of rotatable bonds is 4. The van der Waals surface area contributed by atoms with Crippen LogP contribution in [0.2, 0.25) is 0 Å². The van der Waals surface area contributed by atoms with Crippen molar-refractivity contribution in [3.63, 3.8) is 0 Å². The number of β-amino-alcohol motifs (C(OH)–C–C–N with tert-alkyl or cyclic N) is 2. The predicted molar refractivity (Wildman–Crippen MR) is 64.6 cm³/mol. The van der Waals surface area contributed by atoms with Gasteiger partial charge in [0.15, 0.2) is 0 Å². The topological polar surface area (TPSA) is 116 Å². The van der Waals surface area contributed by atoms with Gasteiger partial charge in [0.05, 0.1) is 12.2 Å². The summed E-state index contributed by atoms with van der Waals surface area (Å²) >= 11 is 0. The highest BCUT2D eigenvalue weighted by molar-refractivity contribution is 5.87. The van der Waals surface area contributed by atoms with Crippen LogP contribution < -0.4 is 11.1 Å². The van der Waals surface area contributed by atoms with Gasteiger partial charge in [-0.25, -0.2) is 4.79 Å². The van der Waals surface area contributed by atoms with Gasteiger partial charge in [-0.15, -0.1) is 0 Å². The monoisotopic (exact) mass is 259 g/mol. The minimum absolute atomic E-state index is 0.0696. The third-order valence-electron chi connectivity index (χ3n) is 3.35. The van der Waals surface area contributed by atoms with E-state index < -0.39 is 24.3 Å². The maximum absolute atomic E-state index is 12.2. The second-order valence-electron chi connectivity index (χ2n) is 4.75. The number of nitrogens with one attached hydrogen (secondary N) is 1. The van der Waals surface area contributed by atoms with Gasteiger partial charge in [-0.3, -0.25) is 4.79 Å². The predicted octanol–water partition coefficient (Wildman–Crippen LogP) is -1.37. The molecule has 7 nitrogen and oxygen atoms in total. The smallest absolute Gasteiger partial charge is 0.312 e. The Morgan fingerprint density at radius 2 is 1.89 bits per heavy atom. The summed E-state index contributed by atoms with van der Waals surface area (Å²) in [5.74, 6) is -0.390. The molecule has 0 bridgehead atoms. The Balaban J connectivity index is 2.73. The average Bonchev–Trinajstić information content (AvgIpc) is 2.64. The molecule has 0 aromatic rings. The van der Waals surface area contributed by atoms with E-state index in [1.165, 1.54) is 4.90 Å². The summed E-state index contributed by atoms with van der Waals surface area (Å²) in [6.07, 6.45) is -1.16. The van der Waals surface area contributed by atoms with Crippen LogP contribution in [0.25, 0.3) is 0 Å². The normalized spacial score (nSPS) is 26.8. The Morgan fingerprint density at radius 1 is 1.39 bits per heavy atom. The first-order valence-corrected chi connectivity index (χ1v) is 6.07. The van der Waals surface area contributed by atoms with Gasteiger partial charge in [0, 0.05) is 13.1 Å². The fraction of sp³-hybridized carbons (Fsp3) is 0.818. The zero-order valence-electron chi connectivity index (χ0n) is 10.7. The van der Waals surface area contributed by atoms with Crippen molar-refractivity contribution < 1.29 is 19.8 Å². The van der Waals surface area contributed by atoms with Crippen LogP contribution in [0.1, 0.15) is 20.3 Å². The fourth-order valence-electron chi connectivity index (χ4n) is 1.98. The molecule has 4 atom stereocenters. The third-order valence-corrected chi connectivity index (χ3v) is 3.35. The highest BCUT2D eigenvalue weighted by Crippen LogP contribution is 2.16. The third kappa shape index (κ3) is 3.33. The molecular weight excluding hydrogens is 238 g/mol. The SMILES string of the molecule is CCC(C)C(NC(N)=O)C(=O)N1CC(O)C(O)C1. The first-order chi connectivity index (χ1) is 8.36. The molecule has 3 amide bonds. The maximum Gasteiger partial charge on any atom is 0.312 e. The van der Waals surface area contributed by atoms with E-state index in [2.05, 4.69) is 5.32 Å². The van der Waals surface area contributed by atoms with Gasteiger partial charge in [-0.2, -0.15) is 0 Å². The second kappa shape index (κ2) is 6.01. The molecule has 4 unspecified atom stereocenters. The molecule has 7 heteroatoms. The number of carbonyl (C=O) groups is 2. The minimum Gasteiger partial charge on any atom is -0.388 e. The molecule has 0 aromatic heterocycles. The lowest BCUT2D eigenvalue weighted by molar-refractivity contribution is -0.133. The molecule has 0 aliphatic carbocycles. The van der Waals surface area contributed by atoms with Crippen LogP contribution in [0.5, 0.6) is 0 Å². The molecule has 5 N–H and O–H groups in total. The molecule has 1 aliphatic heterocycles. The summed E-state index contributed by atoms with van der Waals surface area (Å²) in [7, 11) is 0. The summed E-state index contributed by atoms with van der Waals surface area (Å²) in [6.45, 7) is 3.89. The number of carbonyl (C=O) groups excluding carboxylic acids is 2. The summed E-state index contributed by atoms with van der Waals surface area (Å²) in [5.41, 5.74) is 5.06. The maximum atomic E-state index is 12.2. The number of likely N-dealkylation sites (tertiary alicyclic amines) is 1. The van der Waals surface area contributed by atoms with Gasteiger partial charge in [0.25, 0.3) is 0 Å². The van der Waals surface area contributed by atoms with Crippen LogP contribution in [0.4, 0.5) is 4.79 Å². The highest BCUT2D eigenvalue weighted by Gasteiger charge is 2.37. The van der Waals surface area contributed by atoms with Crippen LogP contribution in [0, 0.1) is 5.92 Å². The van der Waals surface area contributed by atoms with E-state index in [4.69, 9.17) is 5.73 Å². The molecule has 104 valence electrons. The number of hydrogen-bond acceptors (Lipinski definition) is 4. The largest absolute Gasteiger partial charge is 0.388 e. The quantitative estimate of drug-likeness (QED) is 0.498. The number of nitrogens with zero attached hydrogens (tertiary/aromatic N) is 1. The van der Waals surface area contributed by atoms with E-state index in [0.717, 1.165) is 0 Å². The molecule has 1 aliphatic rings. The Hall–Kier alpha value is -1.34. The van der Waals surface area contributed by atoms with Crippen LogP contribution in [-0.2, 0) is 4.79 Å². The number of hydrogen-bond donors (Lipinski definition) is 4. The van der Waals surface area contributed by atoms with Crippen LogP contribution in [-0.4, -0.2) is 58.4 Å². The van der Waals surface area contributed by atoms with Crippen molar-refractivity contribution >= 4 is 11.9 Å². The number of nitrogens with two attached hydrogens (primary N) is 1. The number of aliphatic hydroxyl groups excluding tert-OH is 2. The molecule has 0 aromatic carbocycles. The molecule has 1 fully saturated rings. The van der Waals surface area contributed by atoms with Crippen molar-refractivity contribution in [3.8, 4) is 0 Å².